The Balaban J connectivity index is -0.000000159. The second kappa shape index (κ2) is 62.9. The van der Waals surface area contributed by atoms with E-state index in [1.807, 2.05) is 36.5 Å². The molecule has 0 aliphatic heterocycles. The highest BCUT2D eigenvalue weighted by Crippen LogP contribution is 2.28. The third-order valence-electron chi connectivity index (χ3n) is 10.9. The fourth-order valence-corrected chi connectivity index (χ4v) is 6.15. The molecule has 0 aromatic rings. The summed E-state index contributed by atoms with van der Waals surface area (Å²) >= 11 is 0. The number of allylic oxidation sites excluding steroid dienone is 7. The normalized spacial score (nSPS) is 14.7. The number of nitrogens with two attached hydrogens (primary N) is 1. The van der Waals surface area contributed by atoms with Crippen molar-refractivity contribution >= 4 is 0 Å². The Morgan fingerprint density at radius 3 is 1.05 bits per heavy atom. The van der Waals surface area contributed by atoms with Gasteiger partial charge in [-0.2, -0.15) is 0 Å². The Labute approximate surface area is 418 Å². The molecule has 1 rings (SSSR count). The molecule has 1 aliphatic carbocycles. The quantitative estimate of drug-likeness (QED) is 0.0533. The maximum Gasteiger partial charge on any atom is -0.00193 e. The molecule has 1 saturated carbocycles. The zero-order valence-corrected chi connectivity index (χ0v) is 47.7. The third-order valence-corrected chi connectivity index (χ3v) is 10.9. The van der Waals surface area contributed by atoms with Gasteiger partial charge >= 0.3 is 0 Å². The molecule has 0 spiro atoms. The molecular weight excluding hydrogens is 807 g/mol. The van der Waals surface area contributed by atoms with Gasteiger partial charge in [0, 0.05) is 0 Å². The largest absolute Gasteiger partial charge is 0.330 e. The molecule has 1 fully saturated rings. The van der Waals surface area contributed by atoms with E-state index < -0.39 is 0 Å². The lowest BCUT2D eigenvalue weighted by Crippen LogP contribution is -2.21. The number of unbranched alkanes of at least 4 members (excludes halogenated alkanes) is 10. The van der Waals surface area contributed by atoms with Gasteiger partial charge < -0.3 is 35.1 Å². The molecule has 7 nitrogen and oxygen atoms in total. The topological polar surface area (TPSA) is 45.5 Å². The van der Waals surface area contributed by atoms with E-state index in [0.29, 0.717) is 11.8 Å². The van der Waals surface area contributed by atoms with Crippen LogP contribution in [0.5, 0.6) is 0 Å². The average molecular weight is 931 g/mol. The van der Waals surface area contributed by atoms with Crippen LogP contribution in [0.2, 0.25) is 0 Å². The molecule has 2 N–H and O–H groups in total. The smallest absolute Gasteiger partial charge is 0.00193 e. The lowest BCUT2D eigenvalue weighted by atomic mass is 9.82. The highest BCUT2D eigenvalue weighted by atomic mass is 15.1. The SMILES string of the molecule is C=CC1CCCC(CN)C1.C=CCCCCCCN(C)C.C=CCCCCCN(C)C.C=CCCCCN(C)C.C=CCCCN(C)C.C=C[C@@H](C)CCN(C)C.C=C[C@H](C)CCN(C)C. The first-order valence-electron chi connectivity index (χ1n) is 26.2. The fraction of sp³-hybridized carbons (Fsp3) is 0.763. The molecule has 0 amide bonds. The Hall–Kier alpha value is -2.10. The van der Waals surface area contributed by atoms with E-state index in [-0.39, 0.29) is 0 Å². The van der Waals surface area contributed by atoms with Gasteiger partial charge in [-0.15, -0.1) is 46.1 Å². The zero-order valence-electron chi connectivity index (χ0n) is 47.7. The molecule has 0 bridgehead atoms. The maximum absolute atomic E-state index is 5.59. The van der Waals surface area contributed by atoms with Crippen molar-refractivity contribution in [2.24, 2.45) is 29.4 Å². The van der Waals surface area contributed by atoms with E-state index in [2.05, 4.69) is 180 Å². The van der Waals surface area contributed by atoms with Gasteiger partial charge in [-0.05, 0) is 257 Å². The number of hydrogen-bond acceptors (Lipinski definition) is 7. The second-order valence-electron chi connectivity index (χ2n) is 19.9. The van der Waals surface area contributed by atoms with E-state index >= 15 is 0 Å². The maximum atomic E-state index is 5.59. The van der Waals surface area contributed by atoms with Gasteiger partial charge in [0.15, 0.2) is 0 Å². The minimum absolute atomic E-state index is 0.660. The van der Waals surface area contributed by atoms with Crippen molar-refractivity contribution in [3.05, 3.63) is 88.6 Å². The van der Waals surface area contributed by atoms with Crippen LogP contribution in [0.15, 0.2) is 88.6 Å². The molecule has 2 unspecified atom stereocenters. The molecule has 394 valence electrons. The van der Waals surface area contributed by atoms with E-state index in [4.69, 9.17) is 5.73 Å². The van der Waals surface area contributed by atoms with Crippen LogP contribution in [0.25, 0.3) is 0 Å². The van der Waals surface area contributed by atoms with Gasteiger partial charge in [0.05, 0.1) is 0 Å². The van der Waals surface area contributed by atoms with Crippen molar-refractivity contribution < 1.29 is 0 Å². The van der Waals surface area contributed by atoms with Crippen molar-refractivity contribution in [1.29, 1.82) is 0 Å². The van der Waals surface area contributed by atoms with Crippen molar-refractivity contribution in [3.63, 3.8) is 0 Å². The van der Waals surface area contributed by atoms with Crippen molar-refractivity contribution in [3.8, 4) is 0 Å². The standard InChI is InChI=1S/C10H21N.C9H17N.C9H19N.3C8H17N.C7H15N/c1-4-5-6-7-8-9-10-11(2)3;1-2-8-4-3-5-9(6-8)7-10;1-4-5-6-7-8-9-10(2)3;2*1-5-8(2)6-7-9(3)4;1-4-5-6-7-8-9(2)3;1-4-5-6-7-8(2)3/h4H,1,5-10H2,2-3H3;2,8-9H,1,3-7,10H2;4H,1,5-9H2,2-3H3;2*5,8H,1,6-7H2,2-4H3;4H,1,5-8H2,2-3H3;4H,1,5-7H2,2-3H3/t;;;2*8-;;/m...10../s1. The highest BCUT2D eigenvalue weighted by Gasteiger charge is 2.17. The number of hydrogen-bond donors (Lipinski definition) is 1. The van der Waals surface area contributed by atoms with Gasteiger partial charge in [-0.3, -0.25) is 0 Å². The summed E-state index contributed by atoms with van der Waals surface area (Å²) in [4.78, 5) is 13.3. The Morgan fingerprint density at radius 1 is 0.424 bits per heavy atom. The summed E-state index contributed by atoms with van der Waals surface area (Å²) in [6, 6.07) is 0. The summed E-state index contributed by atoms with van der Waals surface area (Å²) in [6.45, 7) is 38.3. The summed E-state index contributed by atoms with van der Waals surface area (Å²) in [6.07, 6.45) is 39.6. The lowest BCUT2D eigenvalue weighted by Gasteiger charge is -2.25. The molecule has 0 aromatic heterocycles. The minimum Gasteiger partial charge on any atom is -0.330 e. The summed E-state index contributed by atoms with van der Waals surface area (Å²) in [5.41, 5.74) is 5.59. The predicted octanol–water partition coefficient (Wildman–Crippen LogP) is 13.9. The Morgan fingerprint density at radius 2 is 0.727 bits per heavy atom. The number of nitrogens with zero attached hydrogens (tertiary/aromatic N) is 6. The fourth-order valence-electron chi connectivity index (χ4n) is 6.15. The molecule has 1 aliphatic rings. The number of rotatable bonds is 32. The van der Waals surface area contributed by atoms with Gasteiger partial charge in [0.25, 0.3) is 0 Å². The molecule has 4 atom stereocenters. The second-order valence-corrected chi connectivity index (χ2v) is 19.9. The minimum atomic E-state index is 0.660. The van der Waals surface area contributed by atoms with Gasteiger partial charge in [-0.25, -0.2) is 0 Å². The van der Waals surface area contributed by atoms with Crippen LogP contribution in [-0.4, -0.2) is 160 Å². The molecule has 0 saturated heterocycles. The van der Waals surface area contributed by atoms with Crippen molar-refractivity contribution in [1.82, 2.24) is 29.4 Å². The first-order valence-corrected chi connectivity index (χ1v) is 26.2. The molecule has 66 heavy (non-hydrogen) atoms. The van der Waals surface area contributed by atoms with Crippen LogP contribution in [0.4, 0.5) is 0 Å². The van der Waals surface area contributed by atoms with Crippen LogP contribution in [0, 0.1) is 23.7 Å². The average Bonchev–Trinajstić information content (AvgIpc) is 3.28. The predicted molar refractivity (Wildman–Crippen MR) is 309 cm³/mol. The van der Waals surface area contributed by atoms with Crippen molar-refractivity contribution in [2.45, 2.75) is 142 Å². The van der Waals surface area contributed by atoms with Crippen LogP contribution in [0.3, 0.4) is 0 Å². The van der Waals surface area contributed by atoms with Crippen molar-refractivity contribution in [2.75, 3.05) is 130 Å². The van der Waals surface area contributed by atoms with Crippen LogP contribution in [-0.2, 0) is 0 Å². The summed E-state index contributed by atoms with van der Waals surface area (Å²) in [7, 11) is 25.2. The monoisotopic (exact) mass is 930 g/mol. The van der Waals surface area contributed by atoms with Gasteiger partial charge in [0.2, 0.25) is 0 Å². The van der Waals surface area contributed by atoms with Crippen LogP contribution < -0.4 is 5.73 Å². The van der Waals surface area contributed by atoms with Crippen LogP contribution in [0.1, 0.15) is 142 Å². The Kier molecular flexibility index (Phi) is 71.9. The molecule has 0 aromatic carbocycles. The molecule has 0 heterocycles. The summed E-state index contributed by atoms with van der Waals surface area (Å²) in [5, 5.41) is 0. The third kappa shape index (κ3) is 85.2. The lowest BCUT2D eigenvalue weighted by molar-refractivity contribution is 0.311. The Bertz CT molecular complexity index is 965. The van der Waals surface area contributed by atoms with E-state index in [1.54, 1.807) is 0 Å². The van der Waals surface area contributed by atoms with Gasteiger partial charge in [0.1, 0.15) is 0 Å². The summed E-state index contributed by atoms with van der Waals surface area (Å²) < 4.78 is 0. The first kappa shape index (κ1) is 75.4. The zero-order chi connectivity index (χ0) is 51.8. The van der Waals surface area contributed by atoms with Gasteiger partial charge in [-0.1, -0.05) is 82.1 Å². The van der Waals surface area contributed by atoms with E-state index in [0.717, 1.165) is 44.3 Å². The van der Waals surface area contributed by atoms with E-state index in [1.165, 1.54) is 142 Å². The molecule has 7 heteroatoms. The summed E-state index contributed by atoms with van der Waals surface area (Å²) in [5.74, 6) is 2.85. The van der Waals surface area contributed by atoms with E-state index in [9.17, 15) is 0 Å². The molecule has 0 radical (unpaired) electrons. The molecular formula is C59H123N7. The van der Waals surface area contributed by atoms with Crippen LogP contribution >= 0.6 is 0 Å². The first-order chi connectivity index (χ1) is 31.3. The highest BCUT2D eigenvalue weighted by molar-refractivity contribution is 4.85.